The molecule has 2 N–H and O–H groups in total. The van der Waals surface area contributed by atoms with Gasteiger partial charge in [-0.1, -0.05) is 25.1 Å². The quantitative estimate of drug-likeness (QED) is 0.703. The highest BCUT2D eigenvalue weighted by Crippen LogP contribution is 2.15. The van der Waals surface area contributed by atoms with Crippen molar-refractivity contribution >= 4 is 29.0 Å². The van der Waals surface area contributed by atoms with Crippen LogP contribution in [0.3, 0.4) is 0 Å². The minimum Gasteiger partial charge on any atom is -0.325 e. The van der Waals surface area contributed by atoms with Crippen LogP contribution in [-0.2, 0) is 16.0 Å². The van der Waals surface area contributed by atoms with E-state index in [4.69, 9.17) is 0 Å². The number of hydrogen-bond donors (Lipinski definition) is 2. The molecule has 0 aromatic heterocycles. The number of anilines is 2. The van der Waals surface area contributed by atoms with Gasteiger partial charge in [-0.2, -0.15) is 0 Å². The van der Waals surface area contributed by atoms with E-state index in [-0.39, 0.29) is 30.7 Å². The fraction of sp³-hybridized carbons (Fsp3) is 0.286. The lowest BCUT2D eigenvalue weighted by atomic mass is 10.1. The zero-order valence-corrected chi connectivity index (χ0v) is 15.9. The van der Waals surface area contributed by atoms with E-state index in [9.17, 15) is 14.4 Å². The first-order chi connectivity index (χ1) is 12.9. The number of nitrogens with zero attached hydrogens (tertiary/aromatic N) is 1. The van der Waals surface area contributed by atoms with Gasteiger partial charge in [0.2, 0.25) is 11.8 Å². The van der Waals surface area contributed by atoms with Crippen LogP contribution >= 0.6 is 0 Å². The fourth-order valence-electron chi connectivity index (χ4n) is 2.68. The predicted molar refractivity (Wildman–Crippen MR) is 107 cm³/mol. The number of rotatable bonds is 8. The number of aryl methyl sites for hydroxylation is 1. The molecule has 0 aliphatic heterocycles. The molecule has 27 heavy (non-hydrogen) atoms. The van der Waals surface area contributed by atoms with E-state index >= 15 is 0 Å². The average molecular weight is 367 g/mol. The van der Waals surface area contributed by atoms with Crippen LogP contribution in [0.4, 0.5) is 11.4 Å². The van der Waals surface area contributed by atoms with Gasteiger partial charge in [-0.15, -0.1) is 0 Å². The van der Waals surface area contributed by atoms with Crippen molar-refractivity contribution in [3.8, 4) is 0 Å². The zero-order chi connectivity index (χ0) is 19.8. The number of carbonyl (C=O) groups excluding carboxylic acids is 3. The smallest absolute Gasteiger partial charge is 0.238 e. The van der Waals surface area contributed by atoms with Crippen molar-refractivity contribution in [2.45, 2.75) is 20.3 Å². The first-order valence-electron chi connectivity index (χ1n) is 8.86. The van der Waals surface area contributed by atoms with Crippen LogP contribution in [0.5, 0.6) is 0 Å². The highest BCUT2D eigenvalue weighted by atomic mass is 16.2. The van der Waals surface area contributed by atoms with Gasteiger partial charge in [0.15, 0.2) is 5.78 Å². The van der Waals surface area contributed by atoms with Crippen LogP contribution in [0.1, 0.15) is 29.8 Å². The van der Waals surface area contributed by atoms with Gasteiger partial charge in [-0.3, -0.25) is 19.3 Å². The maximum atomic E-state index is 12.2. The average Bonchev–Trinajstić information content (AvgIpc) is 2.62. The third kappa shape index (κ3) is 6.34. The van der Waals surface area contributed by atoms with Gasteiger partial charge in [0.1, 0.15) is 0 Å². The van der Waals surface area contributed by atoms with E-state index in [1.165, 1.54) is 6.92 Å². The maximum absolute atomic E-state index is 12.2. The van der Waals surface area contributed by atoms with E-state index < -0.39 is 0 Å². The summed E-state index contributed by atoms with van der Waals surface area (Å²) >= 11 is 0. The minimum absolute atomic E-state index is 0.0248. The van der Waals surface area contributed by atoms with Crippen molar-refractivity contribution in [3.63, 3.8) is 0 Å². The third-order valence-electron chi connectivity index (χ3n) is 4.07. The molecule has 2 amide bonds. The highest BCUT2D eigenvalue weighted by Gasteiger charge is 2.12. The van der Waals surface area contributed by atoms with Crippen LogP contribution < -0.4 is 10.6 Å². The second-order valence-electron chi connectivity index (χ2n) is 6.41. The molecule has 0 fully saturated rings. The van der Waals surface area contributed by atoms with Gasteiger partial charge in [0.05, 0.1) is 13.1 Å². The first-order valence-corrected chi connectivity index (χ1v) is 8.86. The highest BCUT2D eigenvalue weighted by molar-refractivity contribution is 5.96. The Balaban J connectivity index is 1.83. The van der Waals surface area contributed by atoms with Crippen LogP contribution in [-0.4, -0.2) is 42.6 Å². The lowest BCUT2D eigenvalue weighted by molar-refractivity contribution is -0.119. The second kappa shape index (κ2) is 9.64. The summed E-state index contributed by atoms with van der Waals surface area (Å²) in [6.45, 7) is 3.71. The van der Waals surface area contributed by atoms with Crippen LogP contribution in [0.15, 0.2) is 48.5 Å². The third-order valence-corrected chi connectivity index (χ3v) is 4.07. The maximum Gasteiger partial charge on any atom is 0.238 e. The summed E-state index contributed by atoms with van der Waals surface area (Å²) in [6.07, 6.45) is 0.830. The number of para-hydroxylation sites is 1. The molecular formula is C21H25N3O3. The molecule has 142 valence electrons. The molecule has 0 radical (unpaired) electrons. The number of carbonyl (C=O) groups is 3. The normalized spacial score (nSPS) is 10.5. The van der Waals surface area contributed by atoms with Gasteiger partial charge in [0.25, 0.3) is 0 Å². The minimum atomic E-state index is -0.227. The standard InChI is InChI=1S/C21H25N3O3/c1-4-16-7-5-6-8-19(16)23-21(27)14-24(3)13-20(26)22-18-11-9-17(10-12-18)15(2)25/h5-12H,4,13-14H2,1-3H3,(H,22,26)(H,23,27). The molecule has 2 aromatic carbocycles. The van der Waals surface area contributed by atoms with E-state index in [0.29, 0.717) is 11.3 Å². The Labute approximate surface area is 159 Å². The Bertz CT molecular complexity index is 816. The molecule has 2 rings (SSSR count). The second-order valence-corrected chi connectivity index (χ2v) is 6.41. The molecule has 0 saturated carbocycles. The van der Waals surface area contributed by atoms with Crippen molar-refractivity contribution in [2.75, 3.05) is 30.8 Å². The largest absolute Gasteiger partial charge is 0.325 e. The molecule has 0 heterocycles. The number of nitrogens with one attached hydrogen (secondary N) is 2. The number of likely N-dealkylation sites (N-methyl/N-ethyl adjacent to an activating group) is 1. The molecule has 2 aromatic rings. The Hall–Kier alpha value is -2.99. The lowest BCUT2D eigenvalue weighted by Gasteiger charge is -2.17. The summed E-state index contributed by atoms with van der Waals surface area (Å²) in [5, 5.41) is 5.64. The van der Waals surface area contributed by atoms with Gasteiger partial charge < -0.3 is 10.6 Å². The number of amides is 2. The van der Waals surface area contributed by atoms with E-state index in [0.717, 1.165) is 17.7 Å². The summed E-state index contributed by atoms with van der Waals surface area (Å²) in [5.74, 6) is -0.421. The predicted octanol–water partition coefficient (Wildman–Crippen LogP) is 2.96. The molecule has 0 bridgehead atoms. The Kier molecular flexibility index (Phi) is 7.25. The summed E-state index contributed by atoms with van der Waals surface area (Å²) < 4.78 is 0. The van der Waals surface area contributed by atoms with E-state index in [2.05, 4.69) is 10.6 Å². The van der Waals surface area contributed by atoms with Gasteiger partial charge in [0, 0.05) is 16.9 Å². The number of hydrogen-bond acceptors (Lipinski definition) is 4. The monoisotopic (exact) mass is 367 g/mol. The van der Waals surface area contributed by atoms with E-state index in [1.54, 1.807) is 36.2 Å². The van der Waals surface area contributed by atoms with Crippen molar-refractivity contribution in [3.05, 3.63) is 59.7 Å². The Morgan fingerprint density at radius 2 is 1.48 bits per heavy atom. The van der Waals surface area contributed by atoms with Gasteiger partial charge in [-0.05, 0) is 56.3 Å². The number of ketones is 1. The van der Waals surface area contributed by atoms with Crippen molar-refractivity contribution in [1.82, 2.24) is 4.90 Å². The zero-order valence-electron chi connectivity index (χ0n) is 15.9. The van der Waals surface area contributed by atoms with Crippen LogP contribution in [0.25, 0.3) is 0 Å². The molecule has 0 spiro atoms. The topological polar surface area (TPSA) is 78.5 Å². The number of Topliss-reactive ketones (excluding diaryl/α,β-unsaturated/α-hetero) is 1. The van der Waals surface area contributed by atoms with E-state index in [1.807, 2.05) is 31.2 Å². The SMILES string of the molecule is CCc1ccccc1NC(=O)CN(C)CC(=O)Nc1ccc(C(C)=O)cc1. The molecule has 0 atom stereocenters. The lowest BCUT2D eigenvalue weighted by Crippen LogP contribution is -2.36. The fourth-order valence-corrected chi connectivity index (χ4v) is 2.68. The molecule has 0 saturated heterocycles. The summed E-state index contributed by atoms with van der Waals surface area (Å²) in [6, 6.07) is 14.4. The molecule has 6 heteroatoms. The molecule has 6 nitrogen and oxygen atoms in total. The molecule has 0 unspecified atom stereocenters. The van der Waals surface area contributed by atoms with Gasteiger partial charge in [-0.25, -0.2) is 0 Å². The molecular weight excluding hydrogens is 342 g/mol. The Morgan fingerprint density at radius 1 is 0.889 bits per heavy atom. The van der Waals surface area contributed by atoms with Crippen molar-refractivity contribution in [2.24, 2.45) is 0 Å². The van der Waals surface area contributed by atoms with Gasteiger partial charge >= 0.3 is 0 Å². The molecule has 0 aliphatic rings. The summed E-state index contributed by atoms with van der Waals surface area (Å²) in [4.78, 5) is 37.3. The van der Waals surface area contributed by atoms with Crippen LogP contribution in [0, 0.1) is 0 Å². The molecule has 0 aliphatic carbocycles. The summed E-state index contributed by atoms with van der Waals surface area (Å²) in [5.41, 5.74) is 3.07. The number of benzene rings is 2. The summed E-state index contributed by atoms with van der Waals surface area (Å²) in [7, 11) is 1.71. The Morgan fingerprint density at radius 3 is 2.07 bits per heavy atom. The van der Waals surface area contributed by atoms with Crippen molar-refractivity contribution < 1.29 is 14.4 Å². The first kappa shape index (κ1) is 20.3. The van der Waals surface area contributed by atoms with Crippen molar-refractivity contribution in [1.29, 1.82) is 0 Å². The van der Waals surface area contributed by atoms with Crippen LogP contribution in [0.2, 0.25) is 0 Å².